The number of likely N-dealkylation sites (tertiary alicyclic amines) is 1. The van der Waals surface area contributed by atoms with Gasteiger partial charge in [-0.05, 0) is 50.6 Å². The number of hydrogen-bond donors (Lipinski definition) is 1. The fraction of sp³-hybridized carbons (Fsp3) is 0.500. The quantitative estimate of drug-likeness (QED) is 0.849. The third-order valence-corrected chi connectivity index (χ3v) is 7.78. The van der Waals surface area contributed by atoms with Crippen LogP contribution in [0.1, 0.15) is 18.7 Å². The Morgan fingerprint density at radius 1 is 1.19 bits per heavy atom. The molecule has 2 aliphatic rings. The molecule has 1 atom stereocenters. The summed E-state index contributed by atoms with van der Waals surface area (Å²) in [6, 6.07) is 8.52. The second-order valence-electron chi connectivity index (χ2n) is 7.08. The summed E-state index contributed by atoms with van der Waals surface area (Å²) in [6.07, 6.45) is 5.82. The van der Waals surface area contributed by atoms with Crippen LogP contribution in [-0.2, 0) is 4.79 Å². The van der Waals surface area contributed by atoms with Crippen molar-refractivity contribution in [2.24, 2.45) is 0 Å². The summed E-state index contributed by atoms with van der Waals surface area (Å²) in [5, 5.41) is 3.14. The first-order valence-corrected chi connectivity index (χ1v) is 11.9. The molecule has 7 heteroatoms. The smallest absolute Gasteiger partial charge is 0.241 e. The first kappa shape index (κ1) is 18.9. The number of amides is 1. The number of anilines is 1. The molecule has 0 bridgehead atoms. The van der Waals surface area contributed by atoms with Crippen LogP contribution in [0.25, 0.3) is 5.69 Å². The predicted octanol–water partition coefficient (Wildman–Crippen LogP) is 3.43. The number of hydrogen-bond acceptors (Lipinski definition) is 5. The number of benzene rings is 1. The van der Waals surface area contributed by atoms with Crippen LogP contribution in [0.15, 0.2) is 36.7 Å². The number of thioether (sulfide) groups is 2. The van der Waals surface area contributed by atoms with E-state index in [1.807, 2.05) is 65.5 Å². The van der Waals surface area contributed by atoms with Crippen molar-refractivity contribution >= 4 is 35.1 Å². The molecule has 5 nitrogen and oxygen atoms in total. The van der Waals surface area contributed by atoms with Gasteiger partial charge in [0.15, 0.2) is 0 Å². The van der Waals surface area contributed by atoms with E-state index in [2.05, 4.69) is 15.2 Å². The third-order valence-electron chi connectivity index (χ3n) is 5.30. The first-order chi connectivity index (χ1) is 13.2. The molecule has 144 valence electrons. The number of nitrogens with zero attached hydrogens (tertiary/aromatic N) is 3. The monoisotopic (exact) mass is 402 g/mol. The van der Waals surface area contributed by atoms with E-state index in [1.54, 1.807) is 6.20 Å². The van der Waals surface area contributed by atoms with Crippen LogP contribution in [-0.4, -0.2) is 62.0 Å². The van der Waals surface area contributed by atoms with E-state index in [9.17, 15) is 4.79 Å². The van der Waals surface area contributed by atoms with Gasteiger partial charge in [0.2, 0.25) is 5.91 Å². The highest BCUT2D eigenvalue weighted by Gasteiger charge is 2.35. The average molecular weight is 403 g/mol. The number of carbonyl (C=O) groups is 1. The fourth-order valence-corrected chi connectivity index (χ4v) is 6.47. The molecule has 4 rings (SSSR count). The van der Waals surface area contributed by atoms with Crippen molar-refractivity contribution in [2.45, 2.75) is 31.8 Å². The lowest BCUT2D eigenvalue weighted by Gasteiger charge is -2.31. The van der Waals surface area contributed by atoms with Gasteiger partial charge in [-0.25, -0.2) is 4.98 Å². The molecule has 0 saturated carbocycles. The number of imidazole rings is 1. The van der Waals surface area contributed by atoms with Crippen LogP contribution < -0.4 is 5.32 Å². The Labute approximate surface area is 169 Å². The van der Waals surface area contributed by atoms with Crippen LogP contribution in [0.3, 0.4) is 0 Å². The van der Waals surface area contributed by atoms with Gasteiger partial charge in [0.25, 0.3) is 0 Å². The molecule has 1 aromatic carbocycles. The number of aryl methyl sites for hydroxylation is 1. The van der Waals surface area contributed by atoms with E-state index >= 15 is 0 Å². The van der Waals surface area contributed by atoms with E-state index in [0.717, 1.165) is 48.1 Å². The number of carbonyl (C=O) groups excluding carboxylic acids is 1. The van der Waals surface area contributed by atoms with Gasteiger partial charge in [0.05, 0.1) is 6.04 Å². The Morgan fingerprint density at radius 2 is 1.93 bits per heavy atom. The van der Waals surface area contributed by atoms with Crippen LogP contribution in [0.2, 0.25) is 0 Å². The maximum atomic E-state index is 12.9. The molecule has 2 aromatic rings. The molecule has 0 unspecified atom stereocenters. The lowest BCUT2D eigenvalue weighted by molar-refractivity contribution is -0.120. The molecular weight excluding hydrogens is 376 g/mol. The minimum Gasteiger partial charge on any atom is -0.325 e. The Balaban J connectivity index is 1.41. The standard InChI is InChI=1S/C20H26N4OS2/c1-15-21-8-10-23(15)17-6-4-16(5-7-17)22-20(25)19-3-2-9-24(19)18-13-26-11-12-27-14-18/h4-8,10,18-19H,2-3,9,11-14H2,1H3,(H,22,25)/t19-/m1/s1. The molecule has 1 N–H and O–H groups in total. The zero-order valence-corrected chi connectivity index (χ0v) is 17.3. The van der Waals surface area contributed by atoms with E-state index in [-0.39, 0.29) is 11.9 Å². The van der Waals surface area contributed by atoms with Gasteiger partial charge in [-0.2, -0.15) is 23.5 Å². The van der Waals surface area contributed by atoms with Crippen molar-refractivity contribution in [2.75, 3.05) is 34.9 Å². The van der Waals surface area contributed by atoms with Gasteiger partial charge >= 0.3 is 0 Å². The summed E-state index contributed by atoms with van der Waals surface area (Å²) < 4.78 is 2.03. The molecule has 0 aliphatic carbocycles. The normalized spacial score (nSPS) is 21.9. The second-order valence-corrected chi connectivity index (χ2v) is 9.38. The number of aromatic nitrogens is 2. The van der Waals surface area contributed by atoms with E-state index in [4.69, 9.17) is 0 Å². The van der Waals surface area contributed by atoms with Crippen LogP contribution in [0.4, 0.5) is 5.69 Å². The highest BCUT2D eigenvalue weighted by Crippen LogP contribution is 2.28. The Hall–Kier alpha value is -1.44. The number of rotatable bonds is 4. The maximum Gasteiger partial charge on any atom is 0.241 e. The summed E-state index contributed by atoms with van der Waals surface area (Å²) in [4.78, 5) is 19.6. The molecule has 1 aromatic heterocycles. The van der Waals surface area contributed by atoms with Crippen molar-refractivity contribution < 1.29 is 4.79 Å². The molecule has 1 amide bonds. The van der Waals surface area contributed by atoms with Gasteiger partial charge in [-0.1, -0.05) is 0 Å². The largest absolute Gasteiger partial charge is 0.325 e. The van der Waals surface area contributed by atoms with Crippen LogP contribution in [0, 0.1) is 6.92 Å². The third kappa shape index (κ3) is 4.36. The van der Waals surface area contributed by atoms with Crippen molar-refractivity contribution in [3.05, 3.63) is 42.5 Å². The molecule has 3 heterocycles. The van der Waals surface area contributed by atoms with Crippen LogP contribution in [0.5, 0.6) is 0 Å². The molecule has 2 fully saturated rings. The summed E-state index contributed by atoms with van der Waals surface area (Å²) in [7, 11) is 0. The van der Waals surface area contributed by atoms with Gasteiger partial charge in [-0.15, -0.1) is 0 Å². The maximum absolute atomic E-state index is 12.9. The second kappa shape index (κ2) is 8.71. The van der Waals surface area contributed by atoms with Crippen LogP contribution >= 0.6 is 23.5 Å². The van der Waals surface area contributed by atoms with Gasteiger partial charge in [0, 0.05) is 52.8 Å². The minimum atomic E-state index is 0.00451. The van der Waals surface area contributed by atoms with E-state index in [0.29, 0.717) is 6.04 Å². The lowest BCUT2D eigenvalue weighted by atomic mass is 10.1. The van der Waals surface area contributed by atoms with Crippen molar-refractivity contribution in [3.63, 3.8) is 0 Å². The Bertz CT molecular complexity index is 769. The lowest BCUT2D eigenvalue weighted by Crippen LogP contribution is -2.47. The minimum absolute atomic E-state index is 0.00451. The molecular formula is C20H26N4OS2. The molecule has 27 heavy (non-hydrogen) atoms. The zero-order chi connectivity index (χ0) is 18.6. The van der Waals surface area contributed by atoms with Gasteiger partial charge < -0.3 is 9.88 Å². The van der Waals surface area contributed by atoms with Crippen molar-refractivity contribution in [1.82, 2.24) is 14.5 Å². The van der Waals surface area contributed by atoms with E-state index in [1.165, 1.54) is 11.5 Å². The van der Waals surface area contributed by atoms with Gasteiger partial charge in [0.1, 0.15) is 5.82 Å². The highest BCUT2D eigenvalue weighted by atomic mass is 32.2. The molecule has 0 radical (unpaired) electrons. The summed E-state index contributed by atoms with van der Waals surface area (Å²) in [5.41, 5.74) is 1.91. The Morgan fingerprint density at radius 3 is 2.59 bits per heavy atom. The highest BCUT2D eigenvalue weighted by molar-refractivity contribution is 8.03. The zero-order valence-electron chi connectivity index (χ0n) is 15.6. The molecule has 2 saturated heterocycles. The fourth-order valence-electron chi connectivity index (χ4n) is 3.89. The SMILES string of the molecule is Cc1nccn1-c1ccc(NC(=O)[C@H]2CCCN2C2CSCCSC2)cc1. The number of nitrogens with one attached hydrogen (secondary N) is 1. The van der Waals surface area contributed by atoms with Crippen molar-refractivity contribution in [1.29, 1.82) is 0 Å². The van der Waals surface area contributed by atoms with Crippen molar-refractivity contribution in [3.8, 4) is 5.69 Å². The average Bonchev–Trinajstić information content (AvgIpc) is 3.25. The summed E-state index contributed by atoms with van der Waals surface area (Å²) in [5.74, 6) is 5.85. The molecule has 0 spiro atoms. The topological polar surface area (TPSA) is 50.2 Å². The molecule has 2 aliphatic heterocycles. The summed E-state index contributed by atoms with van der Waals surface area (Å²) >= 11 is 4.06. The van der Waals surface area contributed by atoms with E-state index < -0.39 is 0 Å². The summed E-state index contributed by atoms with van der Waals surface area (Å²) in [6.45, 7) is 3.02. The van der Waals surface area contributed by atoms with Gasteiger partial charge in [-0.3, -0.25) is 9.69 Å². The first-order valence-electron chi connectivity index (χ1n) is 9.55. The Kier molecular flexibility index (Phi) is 6.10. The predicted molar refractivity (Wildman–Crippen MR) is 115 cm³/mol.